The Hall–Kier alpha value is -2.44. The molecule has 3 rings (SSSR count). The predicted molar refractivity (Wildman–Crippen MR) is 145 cm³/mol. The van der Waals surface area contributed by atoms with Crippen LogP contribution in [0.3, 0.4) is 0 Å². The van der Waals surface area contributed by atoms with Crippen LogP contribution in [0.25, 0.3) is 6.08 Å². The summed E-state index contributed by atoms with van der Waals surface area (Å²) in [5.41, 5.74) is 2.67. The molecule has 0 unspecified atom stereocenters. The van der Waals surface area contributed by atoms with Crippen molar-refractivity contribution in [2.24, 2.45) is 0 Å². The summed E-state index contributed by atoms with van der Waals surface area (Å²) in [6, 6.07) is 15.8. The SMILES string of the molecule is COc1cc(/C=C(\C#N)C(=O)Nc2cc(Cl)ccc2C)cc(I)c1OCc1ccc(Cl)cc1Cl. The topological polar surface area (TPSA) is 71.3 Å². The zero-order valence-corrected chi connectivity index (χ0v) is 22.5. The zero-order chi connectivity index (χ0) is 24.8. The largest absolute Gasteiger partial charge is 0.493 e. The third kappa shape index (κ3) is 6.57. The molecule has 0 aliphatic carbocycles. The highest BCUT2D eigenvalue weighted by Crippen LogP contribution is 2.36. The minimum atomic E-state index is -0.542. The van der Waals surface area contributed by atoms with Crippen molar-refractivity contribution in [1.82, 2.24) is 0 Å². The van der Waals surface area contributed by atoms with Gasteiger partial charge in [-0.25, -0.2) is 0 Å². The molecule has 0 fully saturated rings. The predicted octanol–water partition coefficient (Wildman–Crippen LogP) is 7.69. The average Bonchev–Trinajstić information content (AvgIpc) is 2.79. The van der Waals surface area contributed by atoms with Crippen LogP contribution in [-0.2, 0) is 11.4 Å². The van der Waals surface area contributed by atoms with Gasteiger partial charge in [-0.05, 0) is 83.1 Å². The molecular formula is C25H18Cl3IN2O3. The summed E-state index contributed by atoms with van der Waals surface area (Å²) in [5.74, 6) is 0.426. The number of anilines is 1. The third-order valence-corrected chi connectivity index (χ3v) is 6.39. The van der Waals surface area contributed by atoms with Crippen LogP contribution in [0.2, 0.25) is 15.1 Å². The Morgan fingerprint density at radius 1 is 1.12 bits per heavy atom. The Balaban J connectivity index is 1.84. The second-order valence-corrected chi connectivity index (χ2v) is 9.58. The van der Waals surface area contributed by atoms with Crippen molar-refractivity contribution in [1.29, 1.82) is 5.26 Å². The number of aryl methyl sites for hydroxylation is 1. The lowest BCUT2D eigenvalue weighted by atomic mass is 10.1. The van der Waals surface area contributed by atoms with E-state index in [-0.39, 0.29) is 12.2 Å². The fourth-order valence-corrected chi connectivity index (χ4v) is 4.40. The van der Waals surface area contributed by atoms with E-state index in [1.54, 1.807) is 48.5 Å². The fraction of sp³-hybridized carbons (Fsp3) is 0.120. The molecular weight excluding hydrogens is 610 g/mol. The van der Waals surface area contributed by atoms with Crippen LogP contribution in [0.5, 0.6) is 11.5 Å². The lowest BCUT2D eigenvalue weighted by molar-refractivity contribution is -0.112. The number of benzene rings is 3. The number of ether oxygens (including phenoxy) is 2. The van der Waals surface area contributed by atoms with Crippen molar-refractivity contribution in [3.63, 3.8) is 0 Å². The maximum atomic E-state index is 12.7. The number of halogens is 4. The number of methoxy groups -OCH3 is 1. The minimum absolute atomic E-state index is 0.0705. The zero-order valence-electron chi connectivity index (χ0n) is 18.1. The molecule has 0 bridgehead atoms. The van der Waals surface area contributed by atoms with Crippen LogP contribution in [0.4, 0.5) is 5.69 Å². The van der Waals surface area contributed by atoms with Gasteiger partial charge < -0.3 is 14.8 Å². The number of hydrogen-bond donors (Lipinski definition) is 1. The molecule has 3 aromatic carbocycles. The first-order valence-electron chi connectivity index (χ1n) is 9.85. The molecule has 0 spiro atoms. The number of nitrogens with one attached hydrogen (secondary N) is 1. The molecule has 174 valence electrons. The Bertz CT molecular complexity index is 1320. The first-order chi connectivity index (χ1) is 16.2. The summed E-state index contributed by atoms with van der Waals surface area (Å²) in [6.45, 7) is 2.05. The molecule has 0 aliphatic rings. The summed E-state index contributed by atoms with van der Waals surface area (Å²) in [7, 11) is 1.51. The monoisotopic (exact) mass is 626 g/mol. The number of nitriles is 1. The quantitative estimate of drug-likeness (QED) is 0.166. The third-order valence-electron chi connectivity index (χ3n) is 4.76. The van der Waals surface area contributed by atoms with Crippen molar-refractivity contribution in [3.05, 3.63) is 89.4 Å². The molecule has 0 saturated carbocycles. The molecule has 1 N–H and O–H groups in total. The van der Waals surface area contributed by atoms with Crippen LogP contribution in [0.15, 0.2) is 54.1 Å². The van der Waals surface area contributed by atoms with E-state index in [9.17, 15) is 10.1 Å². The van der Waals surface area contributed by atoms with Gasteiger partial charge in [0.2, 0.25) is 0 Å². The van der Waals surface area contributed by atoms with Crippen molar-refractivity contribution in [3.8, 4) is 17.6 Å². The molecule has 0 heterocycles. The Kier molecular flexibility index (Phi) is 9.09. The first kappa shape index (κ1) is 26.2. The van der Waals surface area contributed by atoms with E-state index in [4.69, 9.17) is 44.3 Å². The lowest BCUT2D eigenvalue weighted by Gasteiger charge is -2.14. The smallest absolute Gasteiger partial charge is 0.266 e. The van der Waals surface area contributed by atoms with Gasteiger partial charge in [0.05, 0.1) is 10.7 Å². The normalized spacial score (nSPS) is 11.0. The van der Waals surface area contributed by atoms with Crippen LogP contribution in [0, 0.1) is 21.8 Å². The summed E-state index contributed by atoms with van der Waals surface area (Å²) in [4.78, 5) is 12.7. The van der Waals surface area contributed by atoms with Gasteiger partial charge in [0, 0.05) is 26.3 Å². The van der Waals surface area contributed by atoms with Gasteiger partial charge in [0.25, 0.3) is 5.91 Å². The molecule has 0 saturated heterocycles. The van der Waals surface area contributed by atoms with Gasteiger partial charge in [0.15, 0.2) is 11.5 Å². The lowest BCUT2D eigenvalue weighted by Crippen LogP contribution is -2.14. The van der Waals surface area contributed by atoms with Gasteiger partial charge in [-0.1, -0.05) is 46.9 Å². The summed E-state index contributed by atoms with van der Waals surface area (Å²) < 4.78 is 12.2. The van der Waals surface area contributed by atoms with Gasteiger partial charge in [-0.3, -0.25) is 4.79 Å². The van der Waals surface area contributed by atoms with Crippen LogP contribution < -0.4 is 14.8 Å². The number of hydrogen-bond acceptors (Lipinski definition) is 4. The van der Waals surface area contributed by atoms with Gasteiger partial charge in [0.1, 0.15) is 18.2 Å². The van der Waals surface area contributed by atoms with Crippen LogP contribution in [-0.4, -0.2) is 13.0 Å². The Morgan fingerprint density at radius 2 is 1.82 bits per heavy atom. The maximum absolute atomic E-state index is 12.7. The molecule has 1 amide bonds. The highest BCUT2D eigenvalue weighted by Gasteiger charge is 2.15. The van der Waals surface area contributed by atoms with E-state index in [2.05, 4.69) is 27.9 Å². The number of carbonyl (C=O) groups excluding carboxylic acids is 1. The number of nitrogens with zero attached hydrogens (tertiary/aromatic N) is 1. The minimum Gasteiger partial charge on any atom is -0.493 e. The van der Waals surface area contributed by atoms with Gasteiger partial charge >= 0.3 is 0 Å². The summed E-state index contributed by atoms with van der Waals surface area (Å²) in [6.07, 6.45) is 1.49. The van der Waals surface area contributed by atoms with Gasteiger partial charge in [-0.2, -0.15) is 5.26 Å². The molecule has 0 atom stereocenters. The van der Waals surface area contributed by atoms with Crippen molar-refractivity contribution in [2.45, 2.75) is 13.5 Å². The molecule has 3 aromatic rings. The second-order valence-electron chi connectivity index (χ2n) is 7.14. The molecule has 0 radical (unpaired) electrons. The molecule has 9 heteroatoms. The molecule has 34 heavy (non-hydrogen) atoms. The molecule has 5 nitrogen and oxygen atoms in total. The number of rotatable bonds is 7. The van der Waals surface area contributed by atoms with E-state index < -0.39 is 5.91 Å². The van der Waals surface area contributed by atoms with Crippen LogP contribution >= 0.6 is 57.4 Å². The number of carbonyl (C=O) groups is 1. The highest BCUT2D eigenvalue weighted by atomic mass is 127. The molecule has 0 aromatic heterocycles. The van der Waals surface area contributed by atoms with Crippen molar-refractivity contribution < 1.29 is 14.3 Å². The second kappa shape index (κ2) is 11.8. The van der Waals surface area contributed by atoms with Gasteiger partial charge in [-0.15, -0.1) is 0 Å². The van der Waals surface area contributed by atoms with Crippen molar-refractivity contribution >= 4 is 75.1 Å². The Labute approximate surface area is 226 Å². The summed E-state index contributed by atoms with van der Waals surface area (Å²) in [5, 5.41) is 13.8. The van der Waals surface area contributed by atoms with E-state index in [1.807, 2.05) is 13.0 Å². The number of amides is 1. The first-order valence-corrected chi connectivity index (χ1v) is 12.1. The van der Waals surface area contributed by atoms with E-state index in [1.165, 1.54) is 13.2 Å². The Morgan fingerprint density at radius 3 is 2.50 bits per heavy atom. The van der Waals surface area contributed by atoms with E-state index >= 15 is 0 Å². The van der Waals surface area contributed by atoms with Crippen LogP contribution in [0.1, 0.15) is 16.7 Å². The summed E-state index contributed by atoms with van der Waals surface area (Å²) >= 11 is 20.3. The average molecular weight is 628 g/mol. The molecule has 0 aliphatic heterocycles. The maximum Gasteiger partial charge on any atom is 0.266 e. The highest BCUT2D eigenvalue weighted by molar-refractivity contribution is 14.1. The standard InChI is InChI=1S/C25H18Cl3IN2O3/c1-14-3-5-19(27)11-22(14)31-25(32)17(12-30)7-15-8-21(29)24(23(9-15)33-2)34-13-16-4-6-18(26)10-20(16)28/h3-11H,13H2,1-2H3,(H,31,32)/b17-7+. The van der Waals surface area contributed by atoms with E-state index in [0.29, 0.717) is 37.8 Å². The van der Waals surface area contributed by atoms with E-state index in [0.717, 1.165) is 14.7 Å². The van der Waals surface area contributed by atoms with Crippen molar-refractivity contribution in [2.75, 3.05) is 12.4 Å². The fourth-order valence-electron chi connectivity index (χ4n) is 2.99.